The van der Waals surface area contributed by atoms with Crippen molar-refractivity contribution in [3.05, 3.63) is 0 Å². The topological polar surface area (TPSA) is 98.0 Å². The van der Waals surface area contributed by atoms with E-state index >= 15 is 0 Å². The van der Waals surface area contributed by atoms with Gasteiger partial charge in [0, 0.05) is 32.2 Å². The average molecular weight is 456 g/mol. The molecule has 1 aliphatic rings. The summed E-state index contributed by atoms with van der Waals surface area (Å²) >= 11 is 0. The molecule has 1 amide bonds. The summed E-state index contributed by atoms with van der Waals surface area (Å²) in [6.07, 6.45) is 2.00. The van der Waals surface area contributed by atoms with Crippen LogP contribution < -0.4 is 16.4 Å². The van der Waals surface area contributed by atoms with Crippen molar-refractivity contribution in [2.24, 2.45) is 22.1 Å². The van der Waals surface area contributed by atoms with Crippen LogP contribution in [0.25, 0.3) is 0 Å². The predicted octanol–water partition coefficient (Wildman–Crippen LogP) is 1.11. The summed E-state index contributed by atoms with van der Waals surface area (Å²) in [7, 11) is 0. The van der Waals surface area contributed by atoms with Gasteiger partial charge in [-0.05, 0) is 33.6 Å². The Hall–Kier alpha value is -0.610. The van der Waals surface area contributed by atoms with Crippen LogP contribution in [0.3, 0.4) is 0 Å². The molecular weight excluding hydrogens is 423 g/mol. The van der Waals surface area contributed by atoms with Crippen molar-refractivity contribution < 1.29 is 14.3 Å². The average Bonchev–Trinajstić information content (AvgIpc) is 3.01. The van der Waals surface area contributed by atoms with Crippen LogP contribution in [-0.2, 0) is 14.3 Å². The van der Waals surface area contributed by atoms with E-state index in [-0.39, 0.29) is 29.9 Å². The molecule has 4 N–H and O–H groups in total. The van der Waals surface area contributed by atoms with Gasteiger partial charge in [-0.2, -0.15) is 0 Å². The van der Waals surface area contributed by atoms with Gasteiger partial charge in [0.05, 0.1) is 25.2 Å². The van der Waals surface area contributed by atoms with Crippen LogP contribution in [0, 0.1) is 11.3 Å². The molecule has 142 valence electrons. The number of nitrogens with one attached hydrogen (secondary N) is 2. The van der Waals surface area contributed by atoms with E-state index in [0.717, 1.165) is 52.4 Å². The minimum Gasteiger partial charge on any atom is -0.381 e. The third-order valence-corrected chi connectivity index (χ3v) is 3.78. The molecule has 7 nitrogen and oxygen atoms in total. The largest absolute Gasteiger partial charge is 0.381 e. The Bertz CT molecular complexity index is 386. The zero-order chi connectivity index (χ0) is 17.1. The second-order valence-corrected chi connectivity index (χ2v) is 6.53. The fourth-order valence-corrected chi connectivity index (χ4v) is 2.04. The molecular formula is C16H33IN4O3. The van der Waals surface area contributed by atoms with E-state index in [1.807, 2.05) is 6.92 Å². The van der Waals surface area contributed by atoms with Crippen molar-refractivity contribution in [3.63, 3.8) is 0 Å². The lowest BCUT2D eigenvalue weighted by Crippen LogP contribution is -2.40. The monoisotopic (exact) mass is 456 g/mol. The van der Waals surface area contributed by atoms with Crippen LogP contribution in [0.5, 0.6) is 0 Å². The lowest BCUT2D eigenvalue weighted by Gasteiger charge is -2.19. The van der Waals surface area contributed by atoms with E-state index in [1.165, 1.54) is 0 Å². The van der Waals surface area contributed by atoms with Crippen LogP contribution in [0.1, 0.15) is 33.6 Å². The predicted molar refractivity (Wildman–Crippen MR) is 107 cm³/mol. The quantitative estimate of drug-likeness (QED) is 0.198. The van der Waals surface area contributed by atoms with Gasteiger partial charge in [-0.15, -0.1) is 24.0 Å². The highest BCUT2D eigenvalue weighted by Gasteiger charge is 2.24. The summed E-state index contributed by atoms with van der Waals surface area (Å²) < 4.78 is 11.0. The number of nitrogens with zero attached hydrogens (tertiary/aromatic N) is 1. The number of ether oxygens (including phenoxy) is 2. The van der Waals surface area contributed by atoms with Crippen LogP contribution >= 0.6 is 24.0 Å². The molecule has 1 atom stereocenters. The van der Waals surface area contributed by atoms with Crippen molar-refractivity contribution in [1.82, 2.24) is 10.6 Å². The SMILES string of the molecule is CCNC(=NCC(C)(C)C(N)=O)NCCCOCC1CCOC1.I. The summed E-state index contributed by atoms with van der Waals surface area (Å²) in [6.45, 7) is 10.7. The van der Waals surface area contributed by atoms with E-state index in [4.69, 9.17) is 15.2 Å². The van der Waals surface area contributed by atoms with Gasteiger partial charge in [0.2, 0.25) is 5.91 Å². The molecule has 0 spiro atoms. The minimum absolute atomic E-state index is 0. The molecule has 1 rings (SSSR count). The summed E-state index contributed by atoms with van der Waals surface area (Å²) in [4.78, 5) is 15.7. The number of amides is 1. The van der Waals surface area contributed by atoms with E-state index in [9.17, 15) is 4.79 Å². The third-order valence-electron chi connectivity index (χ3n) is 3.78. The number of hydrogen-bond acceptors (Lipinski definition) is 4. The zero-order valence-corrected chi connectivity index (χ0v) is 17.4. The molecule has 24 heavy (non-hydrogen) atoms. The van der Waals surface area contributed by atoms with Crippen LogP contribution in [0.4, 0.5) is 0 Å². The molecule has 1 unspecified atom stereocenters. The Morgan fingerprint density at radius 2 is 2.17 bits per heavy atom. The molecule has 0 aliphatic carbocycles. The van der Waals surface area contributed by atoms with E-state index in [2.05, 4.69) is 15.6 Å². The molecule has 0 aromatic rings. The fourth-order valence-electron chi connectivity index (χ4n) is 2.04. The first-order valence-corrected chi connectivity index (χ1v) is 8.43. The van der Waals surface area contributed by atoms with E-state index in [0.29, 0.717) is 18.4 Å². The normalized spacial score (nSPS) is 18.1. The Kier molecular flexibility index (Phi) is 12.4. The molecule has 8 heteroatoms. The fraction of sp³-hybridized carbons (Fsp3) is 0.875. The lowest BCUT2D eigenvalue weighted by atomic mass is 9.93. The second-order valence-electron chi connectivity index (χ2n) is 6.53. The van der Waals surface area contributed by atoms with Crippen molar-refractivity contribution in [1.29, 1.82) is 0 Å². The Morgan fingerprint density at radius 1 is 1.42 bits per heavy atom. The number of carbonyl (C=O) groups excluding carboxylic acids is 1. The maximum atomic E-state index is 11.3. The number of rotatable bonds is 10. The van der Waals surface area contributed by atoms with E-state index < -0.39 is 5.41 Å². The van der Waals surface area contributed by atoms with Crippen LogP contribution in [-0.4, -0.2) is 57.9 Å². The number of primary amides is 1. The van der Waals surface area contributed by atoms with Gasteiger partial charge in [-0.1, -0.05) is 0 Å². The van der Waals surface area contributed by atoms with Crippen molar-refractivity contribution in [2.75, 3.05) is 46.1 Å². The summed E-state index contributed by atoms with van der Waals surface area (Å²) in [5.41, 5.74) is 4.72. The Labute approximate surface area is 162 Å². The summed E-state index contributed by atoms with van der Waals surface area (Å²) in [5, 5.41) is 6.40. The van der Waals surface area contributed by atoms with Gasteiger partial charge < -0.3 is 25.8 Å². The molecule has 0 saturated carbocycles. The van der Waals surface area contributed by atoms with Crippen molar-refractivity contribution in [3.8, 4) is 0 Å². The number of halogens is 1. The second kappa shape index (κ2) is 12.7. The minimum atomic E-state index is -0.644. The molecule has 1 heterocycles. The van der Waals surface area contributed by atoms with Crippen LogP contribution in [0.2, 0.25) is 0 Å². The summed E-state index contributed by atoms with van der Waals surface area (Å²) in [5.74, 6) is 0.908. The first kappa shape index (κ1) is 23.4. The maximum absolute atomic E-state index is 11.3. The number of hydrogen-bond donors (Lipinski definition) is 3. The first-order valence-electron chi connectivity index (χ1n) is 8.43. The number of nitrogens with two attached hydrogens (primary N) is 1. The van der Waals surface area contributed by atoms with E-state index in [1.54, 1.807) is 13.8 Å². The third kappa shape index (κ3) is 9.63. The first-order chi connectivity index (χ1) is 11.0. The molecule has 1 saturated heterocycles. The lowest BCUT2D eigenvalue weighted by molar-refractivity contribution is -0.125. The number of aliphatic imine (C=N–C) groups is 1. The highest BCUT2D eigenvalue weighted by Crippen LogP contribution is 2.14. The molecule has 1 fully saturated rings. The zero-order valence-electron chi connectivity index (χ0n) is 15.1. The number of carbonyl (C=O) groups is 1. The van der Waals surface area contributed by atoms with Gasteiger partial charge in [-0.3, -0.25) is 9.79 Å². The van der Waals surface area contributed by atoms with Crippen molar-refractivity contribution >= 4 is 35.8 Å². The Balaban J connectivity index is 0.00000529. The van der Waals surface area contributed by atoms with Crippen LogP contribution in [0.15, 0.2) is 4.99 Å². The highest BCUT2D eigenvalue weighted by molar-refractivity contribution is 14.0. The molecule has 0 aromatic heterocycles. The maximum Gasteiger partial charge on any atom is 0.224 e. The van der Waals surface area contributed by atoms with Gasteiger partial charge in [0.25, 0.3) is 0 Å². The highest BCUT2D eigenvalue weighted by atomic mass is 127. The molecule has 0 bridgehead atoms. The molecule has 0 aromatic carbocycles. The van der Waals surface area contributed by atoms with Gasteiger partial charge in [0.1, 0.15) is 0 Å². The standard InChI is InChI=1S/C16H32N4O3.HI/c1-4-18-15(20-12-16(2,3)14(17)21)19-7-5-8-22-10-13-6-9-23-11-13;/h13H,4-12H2,1-3H3,(H2,17,21)(H2,18,19,20);1H. The van der Waals surface area contributed by atoms with Gasteiger partial charge in [0.15, 0.2) is 5.96 Å². The molecule has 0 radical (unpaired) electrons. The van der Waals surface area contributed by atoms with Gasteiger partial charge in [-0.25, -0.2) is 0 Å². The summed E-state index contributed by atoms with van der Waals surface area (Å²) in [6, 6.07) is 0. The van der Waals surface area contributed by atoms with Gasteiger partial charge >= 0.3 is 0 Å². The Morgan fingerprint density at radius 3 is 2.75 bits per heavy atom. The number of guanidine groups is 1. The smallest absolute Gasteiger partial charge is 0.224 e. The molecule has 1 aliphatic heterocycles. The van der Waals surface area contributed by atoms with Crippen molar-refractivity contribution in [2.45, 2.75) is 33.6 Å².